The first-order chi connectivity index (χ1) is 6.66. The van der Waals surface area contributed by atoms with E-state index in [9.17, 15) is 4.79 Å². The van der Waals surface area contributed by atoms with Crippen LogP contribution in [0.25, 0.3) is 0 Å². The van der Waals surface area contributed by atoms with Gasteiger partial charge in [-0.2, -0.15) is 0 Å². The molecule has 1 unspecified atom stereocenters. The number of alkyl halides is 1. The highest BCUT2D eigenvalue weighted by molar-refractivity contribution is 9.09. The highest BCUT2D eigenvalue weighted by Gasteiger charge is 2.19. The van der Waals surface area contributed by atoms with Crippen LogP contribution >= 0.6 is 15.9 Å². The van der Waals surface area contributed by atoms with Gasteiger partial charge in [-0.15, -0.1) is 0 Å². The van der Waals surface area contributed by atoms with E-state index in [1.165, 1.54) is 12.1 Å². The number of halogens is 1. The lowest BCUT2D eigenvalue weighted by Crippen LogP contribution is -2.23. The number of hydrogen-bond acceptors (Lipinski definition) is 3. The standard InChI is InChI=1S/C9H7BrO4/c10-8-4-13-7-3-5(9(11)12)1-2-6(7)14-8/h1-3,8H,4H2,(H,11,12). The van der Waals surface area contributed by atoms with Crippen LogP contribution < -0.4 is 9.47 Å². The summed E-state index contributed by atoms with van der Waals surface area (Å²) in [5, 5.41) is 8.56. The smallest absolute Gasteiger partial charge is 0.335 e. The third kappa shape index (κ3) is 1.68. The van der Waals surface area contributed by atoms with Crippen LogP contribution in [0, 0.1) is 0 Å². The van der Waals surface area contributed by atoms with E-state index in [0.29, 0.717) is 18.1 Å². The van der Waals surface area contributed by atoms with Gasteiger partial charge in [0.2, 0.25) is 0 Å². The Labute approximate surface area is 88.6 Å². The van der Waals surface area contributed by atoms with Gasteiger partial charge in [0.1, 0.15) is 6.61 Å². The molecule has 0 aromatic heterocycles. The number of rotatable bonds is 1. The van der Waals surface area contributed by atoms with Crippen molar-refractivity contribution in [3.05, 3.63) is 23.8 Å². The normalized spacial score (nSPS) is 19.1. The summed E-state index contributed by atoms with van der Waals surface area (Å²) in [5.74, 6) is 0.0566. The summed E-state index contributed by atoms with van der Waals surface area (Å²) < 4.78 is 10.7. The first-order valence-electron chi connectivity index (χ1n) is 3.97. The summed E-state index contributed by atoms with van der Waals surface area (Å²) in [6.07, 6.45) is 0. The summed E-state index contributed by atoms with van der Waals surface area (Å²) in [4.78, 5) is 10.6. The van der Waals surface area contributed by atoms with Gasteiger partial charge in [-0.05, 0) is 34.1 Å². The fourth-order valence-corrected chi connectivity index (χ4v) is 1.51. The van der Waals surface area contributed by atoms with E-state index in [-0.39, 0.29) is 10.6 Å². The molecule has 4 nitrogen and oxygen atoms in total. The van der Waals surface area contributed by atoms with Gasteiger partial charge >= 0.3 is 5.97 Å². The quantitative estimate of drug-likeness (QED) is 0.782. The molecular weight excluding hydrogens is 252 g/mol. The van der Waals surface area contributed by atoms with E-state index in [2.05, 4.69) is 15.9 Å². The largest absolute Gasteiger partial charge is 0.485 e. The maximum absolute atomic E-state index is 10.6. The van der Waals surface area contributed by atoms with Gasteiger partial charge in [-0.25, -0.2) is 4.79 Å². The van der Waals surface area contributed by atoms with Crippen molar-refractivity contribution in [1.82, 2.24) is 0 Å². The van der Waals surface area contributed by atoms with Crippen molar-refractivity contribution in [3.8, 4) is 11.5 Å². The van der Waals surface area contributed by atoms with Gasteiger partial charge in [0.05, 0.1) is 5.56 Å². The topological polar surface area (TPSA) is 55.8 Å². The molecular formula is C9H7BrO4. The van der Waals surface area contributed by atoms with Crippen LogP contribution in [0.3, 0.4) is 0 Å². The third-order valence-corrected chi connectivity index (χ3v) is 2.27. The second kappa shape index (κ2) is 3.49. The monoisotopic (exact) mass is 258 g/mol. The molecule has 0 saturated heterocycles. The lowest BCUT2D eigenvalue weighted by Gasteiger charge is -2.22. The first kappa shape index (κ1) is 9.33. The molecule has 0 bridgehead atoms. The Morgan fingerprint density at radius 2 is 2.29 bits per heavy atom. The fraction of sp³-hybridized carbons (Fsp3) is 0.222. The molecule has 1 heterocycles. The van der Waals surface area contributed by atoms with Crippen molar-refractivity contribution in [2.75, 3.05) is 6.61 Å². The zero-order valence-corrected chi connectivity index (χ0v) is 8.65. The molecule has 0 saturated carbocycles. The minimum Gasteiger partial charge on any atom is -0.485 e. The highest BCUT2D eigenvalue weighted by atomic mass is 79.9. The van der Waals surface area contributed by atoms with Crippen LogP contribution in [-0.2, 0) is 0 Å². The molecule has 2 rings (SSSR count). The Kier molecular flexibility index (Phi) is 2.33. The van der Waals surface area contributed by atoms with Gasteiger partial charge in [0.25, 0.3) is 0 Å². The Balaban J connectivity index is 2.36. The Bertz CT molecular complexity index is 377. The SMILES string of the molecule is O=C(O)c1ccc2c(c1)OCC(Br)O2. The molecule has 1 N–H and O–H groups in total. The van der Waals surface area contributed by atoms with Crippen molar-refractivity contribution in [1.29, 1.82) is 0 Å². The first-order valence-corrected chi connectivity index (χ1v) is 4.89. The van der Waals surface area contributed by atoms with E-state index in [4.69, 9.17) is 14.6 Å². The molecule has 0 fully saturated rings. The van der Waals surface area contributed by atoms with E-state index in [1.807, 2.05) is 0 Å². The van der Waals surface area contributed by atoms with Crippen LogP contribution in [0.15, 0.2) is 18.2 Å². The molecule has 0 aliphatic carbocycles. The van der Waals surface area contributed by atoms with Crippen molar-refractivity contribution in [3.63, 3.8) is 0 Å². The van der Waals surface area contributed by atoms with E-state index < -0.39 is 5.97 Å². The maximum atomic E-state index is 10.6. The number of benzene rings is 1. The average molecular weight is 259 g/mol. The van der Waals surface area contributed by atoms with Gasteiger partial charge < -0.3 is 14.6 Å². The molecule has 1 aromatic rings. The predicted molar refractivity (Wildman–Crippen MR) is 52.2 cm³/mol. The van der Waals surface area contributed by atoms with Gasteiger partial charge in [0.15, 0.2) is 16.5 Å². The Morgan fingerprint density at radius 1 is 1.50 bits per heavy atom. The molecule has 1 aliphatic heterocycles. The predicted octanol–water partition coefficient (Wildman–Crippen LogP) is 1.88. The van der Waals surface area contributed by atoms with Crippen LogP contribution in [0.4, 0.5) is 0 Å². The van der Waals surface area contributed by atoms with Crippen LogP contribution in [-0.4, -0.2) is 22.7 Å². The number of carbonyl (C=O) groups is 1. The van der Waals surface area contributed by atoms with Gasteiger partial charge in [-0.1, -0.05) is 0 Å². The number of fused-ring (bicyclic) bond motifs is 1. The number of ether oxygens (including phenoxy) is 2. The van der Waals surface area contributed by atoms with E-state index >= 15 is 0 Å². The van der Waals surface area contributed by atoms with Crippen molar-refractivity contribution >= 4 is 21.9 Å². The Hall–Kier alpha value is -1.23. The van der Waals surface area contributed by atoms with Crippen molar-refractivity contribution in [2.24, 2.45) is 0 Å². The van der Waals surface area contributed by atoms with Crippen molar-refractivity contribution < 1.29 is 19.4 Å². The number of hydrogen-bond donors (Lipinski definition) is 1. The number of aromatic carboxylic acids is 1. The summed E-state index contributed by atoms with van der Waals surface area (Å²) in [7, 11) is 0. The second-order valence-electron chi connectivity index (χ2n) is 2.81. The molecule has 5 heteroatoms. The second-order valence-corrected chi connectivity index (χ2v) is 3.83. The molecule has 0 spiro atoms. The highest BCUT2D eigenvalue weighted by Crippen LogP contribution is 2.33. The maximum Gasteiger partial charge on any atom is 0.335 e. The fourth-order valence-electron chi connectivity index (χ4n) is 1.18. The van der Waals surface area contributed by atoms with Gasteiger partial charge in [-0.3, -0.25) is 0 Å². The summed E-state index contributed by atoms with van der Waals surface area (Å²) in [6, 6.07) is 4.53. The molecule has 1 aromatic carbocycles. The molecule has 0 radical (unpaired) electrons. The van der Waals surface area contributed by atoms with Crippen LogP contribution in [0.5, 0.6) is 11.5 Å². The zero-order chi connectivity index (χ0) is 10.1. The Morgan fingerprint density at radius 3 is 3.00 bits per heavy atom. The summed E-state index contributed by atoms with van der Waals surface area (Å²) >= 11 is 3.24. The molecule has 74 valence electrons. The third-order valence-electron chi connectivity index (χ3n) is 1.82. The molecule has 14 heavy (non-hydrogen) atoms. The van der Waals surface area contributed by atoms with Gasteiger partial charge in [0, 0.05) is 0 Å². The minimum atomic E-state index is -0.975. The average Bonchev–Trinajstić information content (AvgIpc) is 2.16. The van der Waals surface area contributed by atoms with E-state index in [1.54, 1.807) is 6.07 Å². The minimum absolute atomic E-state index is 0.175. The number of carboxylic acids is 1. The summed E-state index contributed by atoms with van der Waals surface area (Å²) in [5.41, 5.74) is 0.195. The molecule has 0 amide bonds. The van der Waals surface area contributed by atoms with E-state index in [0.717, 1.165) is 0 Å². The lowest BCUT2D eigenvalue weighted by molar-refractivity contribution is 0.0695. The van der Waals surface area contributed by atoms with Crippen molar-refractivity contribution in [2.45, 2.75) is 5.01 Å². The number of carboxylic acid groups (broad SMARTS) is 1. The zero-order valence-electron chi connectivity index (χ0n) is 7.07. The van der Waals surface area contributed by atoms with Crippen LogP contribution in [0.2, 0.25) is 0 Å². The van der Waals surface area contributed by atoms with Crippen LogP contribution in [0.1, 0.15) is 10.4 Å². The molecule has 1 atom stereocenters. The lowest BCUT2D eigenvalue weighted by atomic mass is 10.2. The molecule has 1 aliphatic rings. The summed E-state index contributed by atoms with van der Waals surface area (Å²) in [6.45, 7) is 0.371.